The zero-order chi connectivity index (χ0) is 26.7. The summed E-state index contributed by atoms with van der Waals surface area (Å²) >= 11 is 0. The van der Waals surface area contributed by atoms with Crippen molar-refractivity contribution in [2.75, 3.05) is 10.6 Å². The Kier molecular flexibility index (Phi) is 10.6. The van der Waals surface area contributed by atoms with Gasteiger partial charge >= 0.3 is 18.6 Å². The maximum absolute atomic E-state index is 12.4. The number of nitrogen functional groups attached to an aromatic ring is 1. The van der Waals surface area contributed by atoms with Gasteiger partial charge in [-0.25, -0.2) is 14.5 Å². The molecule has 0 aliphatic carbocycles. The number of hydrogen-bond acceptors (Lipinski definition) is 8. The van der Waals surface area contributed by atoms with Crippen LogP contribution in [0.3, 0.4) is 0 Å². The number of alkyl halides is 6. The van der Waals surface area contributed by atoms with E-state index in [2.05, 4.69) is 5.73 Å². The SMILES string of the molecule is NC(=O)N(c1ccc([N+](=O)[O-])cc1)C(F)(F)F.Nc1ccccc1[N+](=O)[O-].O=C=NC(F)(F)F. The third kappa shape index (κ3) is 10.5. The van der Waals surface area contributed by atoms with Crippen molar-refractivity contribution in [3.63, 3.8) is 0 Å². The van der Waals surface area contributed by atoms with Gasteiger partial charge in [-0.1, -0.05) is 12.1 Å². The summed E-state index contributed by atoms with van der Waals surface area (Å²) in [5.74, 6) is 0. The summed E-state index contributed by atoms with van der Waals surface area (Å²) in [5.41, 5.74) is 9.05. The first-order valence-corrected chi connectivity index (χ1v) is 8.06. The Labute approximate surface area is 184 Å². The average Bonchev–Trinajstić information content (AvgIpc) is 2.67. The van der Waals surface area contributed by atoms with Crippen molar-refractivity contribution >= 4 is 34.9 Å². The van der Waals surface area contributed by atoms with Crippen molar-refractivity contribution in [2.24, 2.45) is 10.7 Å². The monoisotopic (exact) mass is 498 g/mol. The highest BCUT2D eigenvalue weighted by Gasteiger charge is 2.41. The number of nitro benzene ring substituents is 2. The Bertz CT molecular complexity index is 1050. The lowest BCUT2D eigenvalue weighted by Crippen LogP contribution is -2.46. The molecule has 0 fully saturated rings. The number of isocyanates is 1. The van der Waals surface area contributed by atoms with E-state index < -0.39 is 39.1 Å². The van der Waals surface area contributed by atoms with Gasteiger partial charge in [-0.2, -0.15) is 0 Å². The van der Waals surface area contributed by atoms with E-state index in [1.807, 2.05) is 0 Å². The number of amides is 2. The summed E-state index contributed by atoms with van der Waals surface area (Å²) in [6.45, 7) is 0. The number of para-hydroxylation sites is 2. The van der Waals surface area contributed by atoms with Crippen LogP contribution in [0.2, 0.25) is 0 Å². The van der Waals surface area contributed by atoms with Crippen LogP contribution >= 0.6 is 0 Å². The van der Waals surface area contributed by atoms with E-state index in [4.69, 9.17) is 10.5 Å². The molecular formula is C16H12F6N6O6. The van der Waals surface area contributed by atoms with Crippen molar-refractivity contribution in [1.82, 2.24) is 0 Å². The first-order valence-electron chi connectivity index (χ1n) is 8.06. The highest BCUT2D eigenvalue weighted by Crippen LogP contribution is 2.29. The number of nitrogens with two attached hydrogens (primary N) is 2. The van der Waals surface area contributed by atoms with Crippen LogP contribution < -0.4 is 16.4 Å². The molecule has 0 heterocycles. The molecule has 12 nitrogen and oxygen atoms in total. The summed E-state index contributed by atoms with van der Waals surface area (Å²) in [6.07, 6.45) is -9.37. The van der Waals surface area contributed by atoms with E-state index >= 15 is 0 Å². The molecule has 2 amide bonds. The van der Waals surface area contributed by atoms with Crippen molar-refractivity contribution in [3.8, 4) is 0 Å². The maximum Gasteiger partial charge on any atom is 0.513 e. The second-order valence-electron chi connectivity index (χ2n) is 5.40. The minimum atomic E-state index is -4.98. The number of non-ortho nitro benzene ring substituents is 1. The molecule has 0 aliphatic rings. The minimum absolute atomic E-state index is 0.0394. The summed E-state index contributed by atoms with van der Waals surface area (Å²) in [5, 5.41) is 20.4. The van der Waals surface area contributed by atoms with E-state index in [0.717, 1.165) is 24.3 Å². The van der Waals surface area contributed by atoms with Crippen LogP contribution in [0, 0.1) is 20.2 Å². The van der Waals surface area contributed by atoms with Gasteiger partial charge < -0.3 is 11.5 Å². The fourth-order valence-electron chi connectivity index (χ4n) is 1.83. The van der Waals surface area contributed by atoms with Gasteiger partial charge in [0, 0.05) is 18.2 Å². The molecule has 2 aromatic rings. The number of benzene rings is 2. The molecule has 0 saturated heterocycles. The molecule has 0 saturated carbocycles. The molecule has 0 atom stereocenters. The van der Waals surface area contributed by atoms with Crippen molar-refractivity contribution < 1.29 is 45.8 Å². The third-order valence-electron chi connectivity index (χ3n) is 3.10. The number of aliphatic imine (C=N–C) groups is 1. The number of halogens is 6. The van der Waals surface area contributed by atoms with E-state index in [1.165, 1.54) is 17.1 Å². The van der Waals surface area contributed by atoms with E-state index in [9.17, 15) is 51.4 Å². The van der Waals surface area contributed by atoms with Gasteiger partial charge in [0.15, 0.2) is 0 Å². The van der Waals surface area contributed by atoms with Crippen molar-refractivity contribution in [1.29, 1.82) is 0 Å². The standard InChI is InChI=1S/C8H6F3N3O3.C6H6N2O2.C2F3NO/c9-8(10,11)13(7(12)15)5-1-3-6(4-2-5)14(16)17;7-5-3-1-2-4-6(5)8(9)10;3-2(4,5)6-1-7/h1-4H,(H2,12,15);1-4H,7H2;. The Balaban J connectivity index is 0.000000541. The first-order chi connectivity index (χ1) is 15.5. The highest BCUT2D eigenvalue weighted by molar-refractivity contribution is 5.91. The average molecular weight is 498 g/mol. The largest absolute Gasteiger partial charge is 0.513 e. The summed E-state index contributed by atoms with van der Waals surface area (Å²) in [6, 6.07) is 7.65. The fraction of sp³-hybridized carbons (Fsp3) is 0.125. The van der Waals surface area contributed by atoms with Crippen molar-refractivity contribution in [3.05, 3.63) is 68.8 Å². The predicted molar refractivity (Wildman–Crippen MR) is 103 cm³/mol. The Morgan fingerprint density at radius 3 is 1.71 bits per heavy atom. The van der Waals surface area contributed by atoms with Crippen LogP contribution in [-0.2, 0) is 4.79 Å². The molecule has 0 aromatic heterocycles. The minimum Gasteiger partial charge on any atom is -0.393 e. The first kappa shape index (κ1) is 29.3. The summed E-state index contributed by atoms with van der Waals surface area (Å²) in [7, 11) is 0. The maximum atomic E-state index is 12.4. The lowest BCUT2D eigenvalue weighted by molar-refractivity contribution is -0.384. The predicted octanol–water partition coefficient (Wildman–Crippen LogP) is 4.02. The third-order valence-corrected chi connectivity index (χ3v) is 3.10. The molecule has 184 valence electrons. The van der Waals surface area contributed by atoms with Crippen LogP contribution in [0.5, 0.6) is 0 Å². The summed E-state index contributed by atoms with van der Waals surface area (Å²) in [4.78, 5) is 39.5. The Morgan fingerprint density at radius 1 is 0.941 bits per heavy atom. The van der Waals surface area contributed by atoms with Gasteiger partial charge in [-0.05, 0) is 18.2 Å². The number of carbonyl (C=O) groups excluding carboxylic acids is 2. The molecular weight excluding hydrogens is 486 g/mol. The smallest absolute Gasteiger partial charge is 0.393 e. The topological polar surface area (TPSA) is 188 Å². The zero-order valence-electron chi connectivity index (χ0n) is 16.3. The number of rotatable bonds is 3. The van der Waals surface area contributed by atoms with E-state index in [-0.39, 0.29) is 17.1 Å². The molecule has 18 heteroatoms. The molecule has 0 bridgehead atoms. The van der Waals surface area contributed by atoms with Gasteiger partial charge in [0.2, 0.25) is 6.08 Å². The second kappa shape index (κ2) is 12.3. The van der Waals surface area contributed by atoms with Gasteiger partial charge in [-0.15, -0.1) is 31.3 Å². The van der Waals surface area contributed by atoms with Crippen LogP contribution in [0.25, 0.3) is 0 Å². The normalized spacial score (nSPS) is 10.3. The molecule has 2 rings (SSSR count). The molecule has 4 N–H and O–H groups in total. The van der Waals surface area contributed by atoms with Gasteiger partial charge in [-0.3, -0.25) is 20.2 Å². The van der Waals surface area contributed by atoms with Gasteiger partial charge in [0.25, 0.3) is 11.4 Å². The van der Waals surface area contributed by atoms with Crippen LogP contribution in [0.4, 0.5) is 53.9 Å². The van der Waals surface area contributed by atoms with Crippen LogP contribution in [0.1, 0.15) is 0 Å². The summed E-state index contributed by atoms with van der Waals surface area (Å²) < 4.78 is 69.1. The number of hydrogen-bond donors (Lipinski definition) is 2. The molecule has 0 spiro atoms. The zero-order valence-corrected chi connectivity index (χ0v) is 16.3. The number of anilines is 2. The Morgan fingerprint density at radius 2 is 1.44 bits per heavy atom. The number of urea groups is 1. The molecule has 0 unspecified atom stereocenters. The number of nitro groups is 2. The lowest BCUT2D eigenvalue weighted by Gasteiger charge is -2.22. The van der Waals surface area contributed by atoms with Crippen LogP contribution in [-0.4, -0.2) is 34.6 Å². The molecule has 0 aliphatic heterocycles. The van der Waals surface area contributed by atoms with Crippen molar-refractivity contribution in [2.45, 2.75) is 12.6 Å². The number of nitrogens with zero attached hydrogens (tertiary/aromatic N) is 4. The molecule has 34 heavy (non-hydrogen) atoms. The molecule has 2 aromatic carbocycles. The van der Waals surface area contributed by atoms with Gasteiger partial charge in [0.1, 0.15) is 5.69 Å². The second-order valence-corrected chi connectivity index (χ2v) is 5.40. The van der Waals surface area contributed by atoms with Crippen LogP contribution in [0.15, 0.2) is 53.5 Å². The Hall–Kier alpha value is -4.73. The number of primary amides is 1. The van der Waals surface area contributed by atoms with Gasteiger partial charge in [0.05, 0.1) is 15.5 Å². The van der Waals surface area contributed by atoms with E-state index in [1.54, 1.807) is 12.1 Å². The lowest BCUT2D eigenvalue weighted by atomic mass is 10.2. The quantitative estimate of drug-likeness (QED) is 0.122. The number of carbonyl (C=O) groups is 1. The van der Waals surface area contributed by atoms with E-state index in [0.29, 0.717) is 6.08 Å². The highest BCUT2D eigenvalue weighted by atomic mass is 19.4. The molecule has 0 radical (unpaired) electrons. The fourth-order valence-corrected chi connectivity index (χ4v) is 1.83.